The highest BCUT2D eigenvalue weighted by molar-refractivity contribution is 5.92. The highest BCUT2D eigenvalue weighted by atomic mass is 16.5. The summed E-state index contributed by atoms with van der Waals surface area (Å²) in [5.74, 6) is -0.294. The van der Waals surface area contributed by atoms with Gasteiger partial charge < -0.3 is 15.0 Å². The van der Waals surface area contributed by atoms with E-state index >= 15 is 0 Å². The number of allylic oxidation sites excluding steroid dienone is 1. The van der Waals surface area contributed by atoms with Gasteiger partial charge in [-0.25, -0.2) is 0 Å². The zero-order valence-electron chi connectivity index (χ0n) is 9.73. The molecule has 0 aromatic heterocycles. The lowest BCUT2D eigenvalue weighted by Gasteiger charge is -2.29. The van der Waals surface area contributed by atoms with Crippen molar-refractivity contribution in [3.05, 3.63) is 12.2 Å². The van der Waals surface area contributed by atoms with Gasteiger partial charge in [0.2, 0.25) is 11.8 Å². The largest absolute Gasteiger partial charge is 0.378 e. The molecule has 16 heavy (non-hydrogen) atoms. The van der Waals surface area contributed by atoms with Crippen LogP contribution in [-0.4, -0.2) is 49.1 Å². The van der Waals surface area contributed by atoms with Crippen LogP contribution in [0.2, 0.25) is 0 Å². The van der Waals surface area contributed by atoms with Crippen LogP contribution in [-0.2, 0) is 14.3 Å². The maximum Gasteiger partial charge on any atom is 0.245 e. The third kappa shape index (κ3) is 3.66. The summed E-state index contributed by atoms with van der Waals surface area (Å²) < 4.78 is 5.16. The molecule has 0 aromatic carbocycles. The number of ether oxygens (including phenoxy) is 1. The summed E-state index contributed by atoms with van der Waals surface area (Å²) in [6.07, 6.45) is 3.05. The smallest absolute Gasteiger partial charge is 0.245 e. The van der Waals surface area contributed by atoms with Crippen LogP contribution in [0.25, 0.3) is 0 Å². The maximum absolute atomic E-state index is 11.9. The van der Waals surface area contributed by atoms with Gasteiger partial charge in [0.05, 0.1) is 13.2 Å². The number of carbonyl (C=O) groups is 2. The topological polar surface area (TPSA) is 58.6 Å². The Morgan fingerprint density at radius 2 is 2.00 bits per heavy atom. The molecule has 1 heterocycles. The summed E-state index contributed by atoms with van der Waals surface area (Å²) in [6, 6.07) is -0.484. The van der Waals surface area contributed by atoms with Gasteiger partial charge in [0.15, 0.2) is 0 Å². The molecule has 90 valence electrons. The Balaban J connectivity index is 2.43. The minimum atomic E-state index is -0.484. The zero-order chi connectivity index (χ0) is 12.0. The first-order chi connectivity index (χ1) is 7.65. The van der Waals surface area contributed by atoms with Crippen LogP contribution < -0.4 is 5.32 Å². The molecule has 0 saturated carbocycles. The monoisotopic (exact) mass is 226 g/mol. The van der Waals surface area contributed by atoms with Gasteiger partial charge in [-0.05, 0) is 19.9 Å². The first kappa shape index (κ1) is 12.7. The number of rotatable bonds is 3. The predicted octanol–water partition coefficient (Wildman–Crippen LogP) is -0.0740. The fourth-order valence-corrected chi connectivity index (χ4v) is 1.53. The molecule has 0 bridgehead atoms. The highest BCUT2D eigenvalue weighted by Crippen LogP contribution is 2.00. The molecule has 0 aliphatic carbocycles. The molecule has 5 nitrogen and oxygen atoms in total. The van der Waals surface area contributed by atoms with E-state index in [1.165, 1.54) is 6.08 Å². The molecule has 5 heteroatoms. The Bertz CT molecular complexity index is 283. The lowest BCUT2D eigenvalue weighted by molar-refractivity contribution is -0.138. The van der Waals surface area contributed by atoms with Crippen LogP contribution in [0.1, 0.15) is 13.8 Å². The molecule has 0 spiro atoms. The summed E-state index contributed by atoms with van der Waals surface area (Å²) in [6.45, 7) is 5.79. The van der Waals surface area contributed by atoms with Crippen LogP contribution in [0.15, 0.2) is 12.2 Å². The predicted molar refractivity (Wildman–Crippen MR) is 59.8 cm³/mol. The van der Waals surface area contributed by atoms with Gasteiger partial charge in [-0.3, -0.25) is 9.59 Å². The molecule has 0 aromatic rings. The minimum absolute atomic E-state index is 0.0545. The average Bonchev–Trinajstić information content (AvgIpc) is 2.29. The number of nitrogens with zero attached hydrogens (tertiary/aromatic N) is 1. The van der Waals surface area contributed by atoms with E-state index in [0.29, 0.717) is 26.3 Å². The van der Waals surface area contributed by atoms with Crippen molar-refractivity contribution < 1.29 is 14.3 Å². The van der Waals surface area contributed by atoms with Crippen molar-refractivity contribution in [3.8, 4) is 0 Å². The van der Waals surface area contributed by atoms with E-state index < -0.39 is 6.04 Å². The van der Waals surface area contributed by atoms with Crippen molar-refractivity contribution in [1.29, 1.82) is 0 Å². The highest BCUT2D eigenvalue weighted by Gasteiger charge is 2.22. The Hall–Kier alpha value is -1.36. The van der Waals surface area contributed by atoms with Gasteiger partial charge in [0.1, 0.15) is 6.04 Å². The lowest BCUT2D eigenvalue weighted by Crippen LogP contribution is -2.50. The van der Waals surface area contributed by atoms with Crippen LogP contribution in [0.5, 0.6) is 0 Å². The van der Waals surface area contributed by atoms with Crippen molar-refractivity contribution in [2.75, 3.05) is 26.3 Å². The Morgan fingerprint density at radius 3 is 2.56 bits per heavy atom. The van der Waals surface area contributed by atoms with Crippen molar-refractivity contribution in [2.45, 2.75) is 19.9 Å². The molecule has 1 fully saturated rings. The van der Waals surface area contributed by atoms with Crippen molar-refractivity contribution >= 4 is 11.8 Å². The molecule has 1 aliphatic rings. The van der Waals surface area contributed by atoms with Gasteiger partial charge in [0.25, 0.3) is 0 Å². The molecular formula is C11H18N2O3. The molecule has 1 aliphatic heterocycles. The number of amides is 2. The van der Waals surface area contributed by atoms with Gasteiger partial charge >= 0.3 is 0 Å². The molecule has 2 amide bonds. The zero-order valence-corrected chi connectivity index (χ0v) is 9.73. The normalized spacial score (nSPS) is 18.5. The van der Waals surface area contributed by atoms with Gasteiger partial charge in [0, 0.05) is 13.1 Å². The first-order valence-corrected chi connectivity index (χ1v) is 5.45. The van der Waals surface area contributed by atoms with Crippen molar-refractivity contribution in [2.24, 2.45) is 0 Å². The Kier molecular flexibility index (Phi) is 4.98. The quantitative estimate of drug-likeness (QED) is 0.685. The standard InChI is InChI=1S/C11H18N2O3/c1-3-4-10(14)12-9(2)11(15)13-5-7-16-8-6-13/h3-4,9H,5-8H2,1-2H3,(H,12,14)/b4-3+. The van der Waals surface area contributed by atoms with Crippen molar-refractivity contribution in [1.82, 2.24) is 10.2 Å². The summed E-state index contributed by atoms with van der Waals surface area (Å²) in [4.78, 5) is 24.8. The van der Waals surface area contributed by atoms with Gasteiger partial charge in [-0.1, -0.05) is 6.08 Å². The average molecular weight is 226 g/mol. The third-order valence-electron chi connectivity index (χ3n) is 2.37. The van der Waals surface area contributed by atoms with Gasteiger partial charge in [-0.2, -0.15) is 0 Å². The lowest BCUT2D eigenvalue weighted by atomic mass is 10.2. The Labute approximate surface area is 95.4 Å². The number of hydrogen-bond acceptors (Lipinski definition) is 3. The Morgan fingerprint density at radius 1 is 1.38 bits per heavy atom. The van der Waals surface area contributed by atoms with Crippen LogP contribution in [0, 0.1) is 0 Å². The summed E-state index contributed by atoms with van der Waals surface area (Å²) in [5, 5.41) is 2.62. The van der Waals surface area contributed by atoms with Crippen LogP contribution in [0.4, 0.5) is 0 Å². The third-order valence-corrected chi connectivity index (χ3v) is 2.37. The molecular weight excluding hydrogens is 208 g/mol. The number of hydrogen-bond donors (Lipinski definition) is 1. The van der Waals surface area contributed by atoms with Crippen LogP contribution >= 0.6 is 0 Å². The van der Waals surface area contributed by atoms with E-state index in [9.17, 15) is 9.59 Å². The summed E-state index contributed by atoms with van der Waals surface area (Å²) in [5.41, 5.74) is 0. The molecule has 1 rings (SSSR count). The second-order valence-corrected chi connectivity index (χ2v) is 3.67. The second-order valence-electron chi connectivity index (χ2n) is 3.67. The summed E-state index contributed by atoms with van der Waals surface area (Å²) in [7, 11) is 0. The summed E-state index contributed by atoms with van der Waals surface area (Å²) >= 11 is 0. The van der Waals surface area contributed by atoms with Crippen molar-refractivity contribution in [3.63, 3.8) is 0 Å². The molecule has 1 N–H and O–H groups in total. The van der Waals surface area contributed by atoms with Gasteiger partial charge in [-0.15, -0.1) is 0 Å². The fraction of sp³-hybridized carbons (Fsp3) is 0.636. The fourth-order valence-electron chi connectivity index (χ4n) is 1.53. The van der Waals surface area contributed by atoms with E-state index in [1.807, 2.05) is 0 Å². The number of carbonyl (C=O) groups excluding carboxylic acids is 2. The van der Waals surface area contributed by atoms with E-state index in [-0.39, 0.29) is 11.8 Å². The first-order valence-electron chi connectivity index (χ1n) is 5.45. The van der Waals surface area contributed by atoms with E-state index in [4.69, 9.17) is 4.74 Å². The minimum Gasteiger partial charge on any atom is -0.378 e. The molecule has 1 unspecified atom stereocenters. The number of morpholine rings is 1. The van der Waals surface area contributed by atoms with Crippen LogP contribution in [0.3, 0.4) is 0 Å². The molecule has 0 radical (unpaired) electrons. The molecule has 1 atom stereocenters. The van der Waals surface area contributed by atoms with E-state index in [0.717, 1.165) is 0 Å². The maximum atomic E-state index is 11.9. The second kappa shape index (κ2) is 6.27. The SMILES string of the molecule is C/C=C/C(=O)NC(C)C(=O)N1CCOCC1. The number of nitrogens with one attached hydrogen (secondary N) is 1. The molecule has 1 saturated heterocycles. The van der Waals surface area contributed by atoms with E-state index in [1.54, 1.807) is 24.8 Å². The van der Waals surface area contributed by atoms with E-state index in [2.05, 4.69) is 5.32 Å².